The average Bonchev–Trinajstić information content (AvgIpc) is 2.80. The van der Waals surface area contributed by atoms with E-state index in [4.69, 9.17) is 5.11 Å². The molecule has 16 heavy (non-hydrogen) atoms. The lowest BCUT2D eigenvalue weighted by atomic mass is 10.2. The highest BCUT2D eigenvalue weighted by atomic mass is 32.2. The first-order valence-corrected chi connectivity index (χ1v) is 6.40. The molecule has 0 radical (unpaired) electrons. The molecule has 1 unspecified atom stereocenters. The number of hydrogen-bond acceptors (Lipinski definition) is 4. The SMILES string of the molecule is O=C(O)c1ccc(CNC2CCSC2)nc1. The van der Waals surface area contributed by atoms with E-state index >= 15 is 0 Å². The van der Waals surface area contributed by atoms with Crippen molar-refractivity contribution >= 4 is 17.7 Å². The van der Waals surface area contributed by atoms with Gasteiger partial charge in [-0.3, -0.25) is 4.98 Å². The van der Waals surface area contributed by atoms with Gasteiger partial charge in [-0.25, -0.2) is 4.79 Å². The van der Waals surface area contributed by atoms with Crippen LogP contribution in [0.1, 0.15) is 22.5 Å². The van der Waals surface area contributed by atoms with Crippen LogP contribution in [0.5, 0.6) is 0 Å². The number of rotatable bonds is 4. The number of pyridine rings is 1. The molecular formula is C11H14N2O2S. The van der Waals surface area contributed by atoms with Crippen molar-refractivity contribution < 1.29 is 9.90 Å². The Bertz CT molecular complexity index is 361. The third-order valence-electron chi connectivity index (χ3n) is 2.57. The van der Waals surface area contributed by atoms with Crippen LogP contribution < -0.4 is 5.32 Å². The molecule has 0 saturated carbocycles. The van der Waals surface area contributed by atoms with Gasteiger partial charge < -0.3 is 10.4 Å². The first kappa shape index (κ1) is 11.4. The number of carboxylic acids is 1. The van der Waals surface area contributed by atoms with Gasteiger partial charge in [0.1, 0.15) is 0 Å². The molecule has 5 heteroatoms. The first-order valence-electron chi connectivity index (χ1n) is 5.25. The molecule has 0 aromatic carbocycles. The molecule has 0 bridgehead atoms. The predicted molar refractivity (Wildman–Crippen MR) is 63.8 cm³/mol. The van der Waals surface area contributed by atoms with Gasteiger partial charge in [-0.05, 0) is 24.3 Å². The minimum atomic E-state index is -0.931. The topological polar surface area (TPSA) is 62.2 Å². The van der Waals surface area contributed by atoms with Crippen LogP contribution in [0.4, 0.5) is 0 Å². The van der Waals surface area contributed by atoms with E-state index in [1.165, 1.54) is 18.4 Å². The molecule has 1 fully saturated rings. The fourth-order valence-electron chi connectivity index (χ4n) is 1.60. The standard InChI is InChI=1S/C11H14N2O2S/c14-11(15)8-1-2-9(12-5-8)6-13-10-3-4-16-7-10/h1-2,5,10,13H,3-4,6-7H2,(H,14,15). The number of nitrogens with one attached hydrogen (secondary N) is 1. The molecule has 1 saturated heterocycles. The molecule has 2 heterocycles. The monoisotopic (exact) mass is 238 g/mol. The molecular weight excluding hydrogens is 224 g/mol. The number of carbonyl (C=O) groups is 1. The lowest BCUT2D eigenvalue weighted by Crippen LogP contribution is -2.28. The maximum atomic E-state index is 10.6. The highest BCUT2D eigenvalue weighted by Crippen LogP contribution is 2.17. The van der Waals surface area contributed by atoms with Crippen molar-refractivity contribution in [1.82, 2.24) is 10.3 Å². The smallest absolute Gasteiger partial charge is 0.337 e. The molecule has 1 aromatic heterocycles. The van der Waals surface area contributed by atoms with E-state index < -0.39 is 5.97 Å². The minimum Gasteiger partial charge on any atom is -0.478 e. The fourth-order valence-corrected chi connectivity index (χ4v) is 2.79. The Labute approximate surface area is 98.5 Å². The van der Waals surface area contributed by atoms with Gasteiger partial charge in [0, 0.05) is 24.5 Å². The van der Waals surface area contributed by atoms with Gasteiger partial charge in [-0.2, -0.15) is 11.8 Å². The molecule has 0 aliphatic carbocycles. The van der Waals surface area contributed by atoms with Crippen molar-refractivity contribution in [2.24, 2.45) is 0 Å². The van der Waals surface area contributed by atoms with E-state index in [2.05, 4.69) is 10.3 Å². The quantitative estimate of drug-likeness (QED) is 0.829. The summed E-state index contributed by atoms with van der Waals surface area (Å²) in [5.74, 6) is 1.45. The lowest BCUT2D eigenvalue weighted by molar-refractivity contribution is 0.0696. The molecule has 2 N–H and O–H groups in total. The van der Waals surface area contributed by atoms with Gasteiger partial charge in [-0.1, -0.05) is 0 Å². The summed E-state index contributed by atoms with van der Waals surface area (Å²) in [6.07, 6.45) is 2.61. The molecule has 0 spiro atoms. The number of aromatic nitrogens is 1. The van der Waals surface area contributed by atoms with Crippen LogP contribution in [0.3, 0.4) is 0 Å². The van der Waals surface area contributed by atoms with Gasteiger partial charge in [0.15, 0.2) is 0 Å². The van der Waals surface area contributed by atoms with Crippen LogP contribution in [-0.4, -0.2) is 33.6 Å². The van der Waals surface area contributed by atoms with Crippen molar-refractivity contribution in [2.45, 2.75) is 19.0 Å². The number of aromatic carboxylic acids is 1. The summed E-state index contributed by atoms with van der Waals surface area (Å²) in [6, 6.07) is 3.93. The zero-order chi connectivity index (χ0) is 11.4. The average molecular weight is 238 g/mol. The van der Waals surface area contributed by atoms with Crippen LogP contribution >= 0.6 is 11.8 Å². The number of hydrogen-bond donors (Lipinski definition) is 2. The molecule has 2 rings (SSSR count). The Balaban J connectivity index is 1.87. The van der Waals surface area contributed by atoms with Crippen molar-refractivity contribution in [3.63, 3.8) is 0 Å². The van der Waals surface area contributed by atoms with Crippen molar-refractivity contribution in [3.05, 3.63) is 29.6 Å². The predicted octanol–water partition coefficient (Wildman–Crippen LogP) is 1.37. The van der Waals surface area contributed by atoms with Crippen LogP contribution in [-0.2, 0) is 6.54 Å². The summed E-state index contributed by atoms with van der Waals surface area (Å²) >= 11 is 1.96. The third-order valence-corrected chi connectivity index (χ3v) is 3.74. The zero-order valence-electron chi connectivity index (χ0n) is 8.85. The maximum Gasteiger partial charge on any atom is 0.337 e. The summed E-state index contributed by atoms with van der Waals surface area (Å²) in [7, 11) is 0. The third kappa shape index (κ3) is 2.96. The van der Waals surface area contributed by atoms with Gasteiger partial charge in [-0.15, -0.1) is 0 Å². The summed E-state index contributed by atoms with van der Waals surface area (Å²) in [4.78, 5) is 14.7. The van der Waals surface area contributed by atoms with E-state index in [0.717, 1.165) is 11.4 Å². The van der Waals surface area contributed by atoms with E-state index in [0.29, 0.717) is 12.6 Å². The minimum absolute atomic E-state index is 0.236. The first-order chi connectivity index (χ1) is 7.75. The molecule has 1 aromatic rings. The largest absolute Gasteiger partial charge is 0.478 e. The van der Waals surface area contributed by atoms with Crippen LogP contribution in [0.25, 0.3) is 0 Å². The molecule has 1 atom stereocenters. The van der Waals surface area contributed by atoms with E-state index in [1.807, 2.05) is 11.8 Å². The normalized spacial score (nSPS) is 19.9. The summed E-state index contributed by atoms with van der Waals surface area (Å²) in [5.41, 5.74) is 1.13. The van der Waals surface area contributed by atoms with E-state index in [-0.39, 0.29) is 5.56 Å². The van der Waals surface area contributed by atoms with E-state index in [9.17, 15) is 4.79 Å². The zero-order valence-corrected chi connectivity index (χ0v) is 9.67. The van der Waals surface area contributed by atoms with Crippen LogP contribution in [0.2, 0.25) is 0 Å². The Morgan fingerprint density at radius 1 is 1.62 bits per heavy atom. The van der Waals surface area contributed by atoms with Crippen molar-refractivity contribution in [3.8, 4) is 0 Å². The van der Waals surface area contributed by atoms with Gasteiger partial charge >= 0.3 is 5.97 Å². The van der Waals surface area contributed by atoms with Crippen molar-refractivity contribution in [2.75, 3.05) is 11.5 Å². The Morgan fingerprint density at radius 3 is 3.06 bits per heavy atom. The van der Waals surface area contributed by atoms with Crippen molar-refractivity contribution in [1.29, 1.82) is 0 Å². The number of carboxylic acid groups (broad SMARTS) is 1. The van der Waals surface area contributed by atoms with Gasteiger partial charge in [0.25, 0.3) is 0 Å². The maximum absolute atomic E-state index is 10.6. The highest BCUT2D eigenvalue weighted by molar-refractivity contribution is 7.99. The number of thioether (sulfide) groups is 1. The molecule has 0 amide bonds. The Hall–Kier alpha value is -1.07. The molecule has 86 valence electrons. The second-order valence-corrected chi connectivity index (χ2v) is 4.93. The second-order valence-electron chi connectivity index (χ2n) is 3.78. The molecule has 1 aliphatic rings. The van der Waals surface area contributed by atoms with E-state index in [1.54, 1.807) is 12.1 Å². The van der Waals surface area contributed by atoms with Gasteiger partial charge in [0.05, 0.1) is 11.3 Å². The number of nitrogens with zero attached hydrogens (tertiary/aromatic N) is 1. The van der Waals surface area contributed by atoms with Crippen LogP contribution in [0, 0.1) is 0 Å². The fraction of sp³-hybridized carbons (Fsp3) is 0.455. The Kier molecular flexibility index (Phi) is 3.79. The summed E-state index contributed by atoms with van der Waals surface area (Å²) in [6.45, 7) is 0.713. The second kappa shape index (κ2) is 5.32. The highest BCUT2D eigenvalue weighted by Gasteiger charge is 2.14. The molecule has 1 aliphatic heterocycles. The summed E-state index contributed by atoms with van der Waals surface area (Å²) in [5, 5.41) is 12.1. The molecule has 4 nitrogen and oxygen atoms in total. The Morgan fingerprint density at radius 2 is 2.50 bits per heavy atom. The summed E-state index contributed by atoms with van der Waals surface area (Å²) < 4.78 is 0. The van der Waals surface area contributed by atoms with Gasteiger partial charge in [0.2, 0.25) is 0 Å². The lowest BCUT2D eigenvalue weighted by Gasteiger charge is -2.10. The van der Waals surface area contributed by atoms with Crippen LogP contribution in [0.15, 0.2) is 18.3 Å².